The van der Waals surface area contributed by atoms with Crippen molar-refractivity contribution < 1.29 is 23.9 Å². The average Bonchev–Trinajstić information content (AvgIpc) is 2.38. The lowest BCUT2D eigenvalue weighted by Crippen LogP contribution is -2.20. The summed E-state index contributed by atoms with van der Waals surface area (Å²) in [4.78, 5) is 39.6. The lowest BCUT2D eigenvalue weighted by molar-refractivity contribution is 0.0476. The normalized spacial score (nSPS) is 10.0. The maximum absolute atomic E-state index is 12.0. The molecule has 0 unspecified atom stereocenters. The zero-order chi connectivity index (χ0) is 15.3. The number of esters is 2. The first kappa shape index (κ1) is 15.8. The summed E-state index contributed by atoms with van der Waals surface area (Å²) in [6.07, 6.45) is 1.23. The SMILES string of the molecule is CCOC(=O)c1cnc(C)c(C(C)=O)c1C(=O)OCC. The summed E-state index contributed by atoms with van der Waals surface area (Å²) in [6, 6.07) is 0. The molecule has 0 aliphatic heterocycles. The van der Waals surface area contributed by atoms with Gasteiger partial charge in [0.05, 0.1) is 29.9 Å². The van der Waals surface area contributed by atoms with Crippen LogP contribution >= 0.6 is 0 Å². The molecule has 20 heavy (non-hydrogen) atoms. The summed E-state index contributed by atoms with van der Waals surface area (Å²) in [7, 11) is 0. The summed E-state index contributed by atoms with van der Waals surface area (Å²) in [6.45, 7) is 6.49. The molecule has 0 saturated carbocycles. The van der Waals surface area contributed by atoms with Crippen molar-refractivity contribution in [1.82, 2.24) is 4.98 Å². The van der Waals surface area contributed by atoms with Crippen molar-refractivity contribution in [3.63, 3.8) is 0 Å². The van der Waals surface area contributed by atoms with Crippen LogP contribution in [0, 0.1) is 6.92 Å². The van der Waals surface area contributed by atoms with Gasteiger partial charge in [0.1, 0.15) is 0 Å². The molecule has 0 fully saturated rings. The van der Waals surface area contributed by atoms with Crippen molar-refractivity contribution in [3.05, 3.63) is 28.6 Å². The van der Waals surface area contributed by atoms with Crippen LogP contribution in [-0.2, 0) is 9.47 Å². The van der Waals surface area contributed by atoms with E-state index in [2.05, 4.69) is 4.98 Å². The van der Waals surface area contributed by atoms with Gasteiger partial charge in [-0.05, 0) is 27.7 Å². The van der Waals surface area contributed by atoms with Gasteiger partial charge in [-0.25, -0.2) is 9.59 Å². The number of aryl methyl sites for hydroxylation is 1. The number of ether oxygens (including phenoxy) is 2. The highest BCUT2D eigenvalue weighted by Crippen LogP contribution is 2.20. The first-order chi connectivity index (χ1) is 9.43. The molecule has 0 spiro atoms. The smallest absolute Gasteiger partial charge is 0.340 e. The van der Waals surface area contributed by atoms with Crippen LogP contribution in [0.25, 0.3) is 0 Å². The summed E-state index contributed by atoms with van der Waals surface area (Å²) < 4.78 is 9.79. The molecule has 6 heteroatoms. The van der Waals surface area contributed by atoms with Crippen LogP contribution < -0.4 is 0 Å². The Morgan fingerprint density at radius 2 is 1.60 bits per heavy atom. The van der Waals surface area contributed by atoms with Crippen molar-refractivity contribution in [2.75, 3.05) is 13.2 Å². The minimum absolute atomic E-state index is 0.0545. The van der Waals surface area contributed by atoms with Gasteiger partial charge in [-0.1, -0.05) is 0 Å². The quantitative estimate of drug-likeness (QED) is 0.605. The van der Waals surface area contributed by atoms with Gasteiger partial charge < -0.3 is 9.47 Å². The Balaban J connectivity index is 3.52. The Morgan fingerprint density at radius 1 is 1.05 bits per heavy atom. The van der Waals surface area contributed by atoms with E-state index < -0.39 is 11.9 Å². The van der Waals surface area contributed by atoms with E-state index in [9.17, 15) is 14.4 Å². The topological polar surface area (TPSA) is 82.6 Å². The second kappa shape index (κ2) is 6.79. The molecule has 0 amide bonds. The van der Waals surface area contributed by atoms with Crippen LogP contribution in [0.4, 0.5) is 0 Å². The van der Waals surface area contributed by atoms with E-state index in [0.717, 1.165) is 0 Å². The van der Waals surface area contributed by atoms with E-state index in [0.29, 0.717) is 5.69 Å². The molecule has 0 saturated heterocycles. The highest BCUT2D eigenvalue weighted by molar-refractivity contribution is 6.11. The Bertz CT molecular complexity index is 551. The largest absolute Gasteiger partial charge is 0.462 e. The average molecular weight is 279 g/mol. The molecule has 1 rings (SSSR count). The number of carbonyl (C=O) groups is 3. The Kier molecular flexibility index (Phi) is 5.37. The van der Waals surface area contributed by atoms with Crippen molar-refractivity contribution in [1.29, 1.82) is 0 Å². The number of ketones is 1. The van der Waals surface area contributed by atoms with E-state index in [-0.39, 0.29) is 35.7 Å². The molecule has 0 radical (unpaired) electrons. The highest BCUT2D eigenvalue weighted by Gasteiger charge is 2.27. The van der Waals surface area contributed by atoms with Gasteiger partial charge in [-0.15, -0.1) is 0 Å². The number of rotatable bonds is 5. The fourth-order valence-corrected chi connectivity index (χ4v) is 1.82. The molecule has 0 atom stereocenters. The maximum atomic E-state index is 12.0. The van der Waals surface area contributed by atoms with Crippen molar-refractivity contribution in [2.45, 2.75) is 27.7 Å². The standard InChI is InChI=1S/C14H17NO5/c1-5-19-13(17)10-7-15-8(3)11(9(4)16)12(10)14(18)20-6-2/h7H,5-6H2,1-4H3. The minimum atomic E-state index is -0.730. The monoisotopic (exact) mass is 279 g/mol. The summed E-state index contributed by atoms with van der Waals surface area (Å²) in [5.41, 5.74) is 0.328. The lowest BCUT2D eigenvalue weighted by Gasteiger charge is -2.13. The van der Waals surface area contributed by atoms with Crippen LogP contribution in [0.15, 0.2) is 6.20 Å². The van der Waals surface area contributed by atoms with Crippen LogP contribution in [-0.4, -0.2) is 35.9 Å². The van der Waals surface area contributed by atoms with Crippen molar-refractivity contribution in [3.8, 4) is 0 Å². The van der Waals surface area contributed by atoms with Crippen LogP contribution in [0.1, 0.15) is 57.5 Å². The maximum Gasteiger partial charge on any atom is 0.340 e. The number of pyridine rings is 1. The number of aromatic nitrogens is 1. The van der Waals surface area contributed by atoms with E-state index >= 15 is 0 Å². The van der Waals surface area contributed by atoms with Crippen molar-refractivity contribution in [2.24, 2.45) is 0 Å². The third-order valence-corrected chi connectivity index (χ3v) is 2.60. The van der Waals surface area contributed by atoms with Gasteiger partial charge in [0.25, 0.3) is 0 Å². The molecule has 0 aromatic carbocycles. The first-order valence-corrected chi connectivity index (χ1v) is 6.28. The van der Waals surface area contributed by atoms with Gasteiger partial charge >= 0.3 is 11.9 Å². The van der Waals surface area contributed by atoms with Crippen molar-refractivity contribution >= 4 is 17.7 Å². The number of hydrogen-bond donors (Lipinski definition) is 0. The van der Waals surface area contributed by atoms with Crippen LogP contribution in [0.3, 0.4) is 0 Å². The summed E-state index contributed by atoms with van der Waals surface area (Å²) >= 11 is 0. The van der Waals surface area contributed by atoms with Gasteiger partial charge in [0, 0.05) is 11.9 Å². The molecule has 1 aromatic heterocycles. The number of carbonyl (C=O) groups excluding carboxylic acids is 3. The molecular formula is C14H17NO5. The lowest BCUT2D eigenvalue weighted by atomic mass is 9.98. The number of nitrogens with zero attached hydrogens (tertiary/aromatic N) is 1. The second-order valence-electron chi connectivity index (χ2n) is 4.00. The predicted molar refractivity (Wildman–Crippen MR) is 70.9 cm³/mol. The minimum Gasteiger partial charge on any atom is -0.462 e. The van der Waals surface area contributed by atoms with Gasteiger partial charge in [-0.2, -0.15) is 0 Å². The Labute approximate surface area is 117 Å². The third kappa shape index (κ3) is 3.20. The zero-order valence-corrected chi connectivity index (χ0v) is 12.0. The molecule has 108 valence electrons. The van der Waals surface area contributed by atoms with Gasteiger partial charge in [-0.3, -0.25) is 9.78 Å². The van der Waals surface area contributed by atoms with Crippen LogP contribution in [0.5, 0.6) is 0 Å². The fourth-order valence-electron chi connectivity index (χ4n) is 1.82. The number of hydrogen-bond acceptors (Lipinski definition) is 6. The van der Waals surface area contributed by atoms with Crippen LogP contribution in [0.2, 0.25) is 0 Å². The molecule has 1 aromatic rings. The highest BCUT2D eigenvalue weighted by atomic mass is 16.5. The first-order valence-electron chi connectivity index (χ1n) is 6.28. The second-order valence-corrected chi connectivity index (χ2v) is 4.00. The molecule has 6 nitrogen and oxygen atoms in total. The van der Waals surface area contributed by atoms with E-state index in [1.54, 1.807) is 20.8 Å². The molecule has 1 heterocycles. The van der Waals surface area contributed by atoms with Gasteiger partial charge in [0.15, 0.2) is 5.78 Å². The predicted octanol–water partition coefficient (Wildman–Crippen LogP) is 1.95. The van der Waals surface area contributed by atoms with E-state index in [1.807, 2.05) is 0 Å². The molecule has 0 aliphatic carbocycles. The van der Waals surface area contributed by atoms with E-state index in [1.165, 1.54) is 13.1 Å². The van der Waals surface area contributed by atoms with Gasteiger partial charge in [0.2, 0.25) is 0 Å². The molecule has 0 bridgehead atoms. The summed E-state index contributed by atoms with van der Waals surface area (Å²) in [5, 5.41) is 0. The molecule has 0 aliphatic rings. The third-order valence-electron chi connectivity index (χ3n) is 2.60. The number of Topliss-reactive ketones (excluding diaryl/α,β-unsaturated/α-hetero) is 1. The fraction of sp³-hybridized carbons (Fsp3) is 0.429. The molecular weight excluding hydrogens is 262 g/mol. The Morgan fingerprint density at radius 3 is 2.10 bits per heavy atom. The molecule has 0 N–H and O–H groups in total. The summed E-state index contributed by atoms with van der Waals surface area (Å²) in [5.74, 6) is -1.79. The Hall–Kier alpha value is -2.24. The zero-order valence-electron chi connectivity index (χ0n) is 12.0. The van der Waals surface area contributed by atoms with E-state index in [4.69, 9.17) is 9.47 Å².